The van der Waals surface area contributed by atoms with Gasteiger partial charge in [0.05, 0.1) is 17.3 Å². The predicted octanol–water partition coefficient (Wildman–Crippen LogP) is 3.36. The normalized spacial score (nSPS) is 10.3. The molecule has 1 aromatic rings. The molecule has 19 heavy (non-hydrogen) atoms. The molecule has 1 rings (SSSR count). The molecule has 106 valence electrons. The van der Waals surface area contributed by atoms with Crippen LogP contribution in [0.25, 0.3) is 0 Å². The first-order valence-electron chi connectivity index (χ1n) is 6.60. The highest BCUT2D eigenvalue weighted by atomic mass is 35.5. The Bertz CT molecular complexity index is 399. The summed E-state index contributed by atoms with van der Waals surface area (Å²) in [5.74, 6) is 0. The molecule has 0 aliphatic heterocycles. The SMILES string of the molecule is CCCCCN(CCO)C(=O)Nc1ccccc1Cl. The van der Waals surface area contributed by atoms with Gasteiger partial charge in [0, 0.05) is 13.1 Å². The molecule has 0 atom stereocenters. The van der Waals surface area contributed by atoms with E-state index in [4.69, 9.17) is 16.7 Å². The molecule has 0 spiro atoms. The zero-order valence-electron chi connectivity index (χ0n) is 11.2. The summed E-state index contributed by atoms with van der Waals surface area (Å²) in [6.07, 6.45) is 3.10. The van der Waals surface area contributed by atoms with E-state index in [1.54, 1.807) is 17.0 Å². The number of para-hydroxylation sites is 1. The lowest BCUT2D eigenvalue weighted by atomic mass is 10.2. The molecule has 2 N–H and O–H groups in total. The Labute approximate surface area is 119 Å². The van der Waals surface area contributed by atoms with Crippen LogP contribution in [-0.2, 0) is 0 Å². The number of hydrogen-bond acceptors (Lipinski definition) is 2. The maximum Gasteiger partial charge on any atom is 0.321 e. The third kappa shape index (κ3) is 5.49. The smallest absolute Gasteiger partial charge is 0.321 e. The van der Waals surface area contributed by atoms with Gasteiger partial charge in [-0.25, -0.2) is 4.79 Å². The Kier molecular flexibility index (Phi) is 7.30. The number of urea groups is 1. The van der Waals surface area contributed by atoms with E-state index in [2.05, 4.69) is 12.2 Å². The van der Waals surface area contributed by atoms with E-state index in [9.17, 15) is 4.79 Å². The number of nitrogens with one attached hydrogen (secondary N) is 1. The Morgan fingerprint density at radius 2 is 2.05 bits per heavy atom. The van der Waals surface area contributed by atoms with Crippen molar-refractivity contribution < 1.29 is 9.90 Å². The lowest BCUT2D eigenvalue weighted by Gasteiger charge is -2.22. The summed E-state index contributed by atoms with van der Waals surface area (Å²) in [6, 6.07) is 6.88. The molecule has 5 heteroatoms. The summed E-state index contributed by atoms with van der Waals surface area (Å²) in [5, 5.41) is 12.3. The zero-order valence-corrected chi connectivity index (χ0v) is 12.0. The molecule has 0 aliphatic rings. The summed E-state index contributed by atoms with van der Waals surface area (Å²) in [5.41, 5.74) is 0.590. The van der Waals surface area contributed by atoms with Crippen LogP contribution in [-0.4, -0.2) is 35.7 Å². The topological polar surface area (TPSA) is 52.6 Å². The van der Waals surface area contributed by atoms with E-state index in [-0.39, 0.29) is 12.6 Å². The number of hydrogen-bond donors (Lipinski definition) is 2. The summed E-state index contributed by atoms with van der Waals surface area (Å²) < 4.78 is 0. The summed E-state index contributed by atoms with van der Waals surface area (Å²) in [4.78, 5) is 13.7. The number of benzene rings is 1. The molecule has 0 aliphatic carbocycles. The fourth-order valence-electron chi connectivity index (χ4n) is 1.75. The van der Waals surface area contributed by atoms with E-state index < -0.39 is 0 Å². The molecule has 1 aromatic carbocycles. The van der Waals surface area contributed by atoms with Gasteiger partial charge in [0.1, 0.15) is 0 Å². The van der Waals surface area contributed by atoms with E-state index in [0.717, 1.165) is 19.3 Å². The van der Waals surface area contributed by atoms with Crippen molar-refractivity contribution in [3.05, 3.63) is 29.3 Å². The van der Waals surface area contributed by atoms with Gasteiger partial charge in [0.15, 0.2) is 0 Å². The number of aliphatic hydroxyl groups is 1. The Morgan fingerprint density at radius 3 is 2.68 bits per heavy atom. The molecule has 0 saturated carbocycles. The highest BCUT2D eigenvalue weighted by molar-refractivity contribution is 6.33. The number of anilines is 1. The Morgan fingerprint density at radius 1 is 1.32 bits per heavy atom. The Balaban J connectivity index is 2.58. The quantitative estimate of drug-likeness (QED) is 0.755. The maximum atomic E-state index is 12.1. The van der Waals surface area contributed by atoms with Crippen LogP contribution < -0.4 is 5.32 Å². The van der Waals surface area contributed by atoms with Gasteiger partial charge < -0.3 is 15.3 Å². The minimum absolute atomic E-state index is 0.0396. The molecule has 0 radical (unpaired) electrons. The molecule has 0 heterocycles. The summed E-state index contributed by atoms with van der Waals surface area (Å²) in [7, 11) is 0. The summed E-state index contributed by atoms with van der Waals surface area (Å²) in [6.45, 7) is 3.05. The number of amides is 2. The van der Waals surface area contributed by atoms with Crippen LogP contribution in [0.1, 0.15) is 26.2 Å². The predicted molar refractivity (Wildman–Crippen MR) is 78.7 cm³/mol. The van der Waals surface area contributed by atoms with Gasteiger partial charge in [0.2, 0.25) is 0 Å². The average Bonchev–Trinajstić information content (AvgIpc) is 2.40. The number of nitrogens with zero attached hydrogens (tertiary/aromatic N) is 1. The van der Waals surface area contributed by atoms with Crippen LogP contribution in [0.4, 0.5) is 10.5 Å². The minimum Gasteiger partial charge on any atom is -0.395 e. The number of carbonyl (C=O) groups excluding carboxylic acids is 1. The van der Waals surface area contributed by atoms with E-state index in [0.29, 0.717) is 23.8 Å². The molecule has 0 unspecified atom stereocenters. The average molecular weight is 285 g/mol. The van der Waals surface area contributed by atoms with Gasteiger partial charge in [-0.1, -0.05) is 43.5 Å². The third-order valence-corrected chi connectivity index (χ3v) is 3.13. The number of halogens is 1. The largest absolute Gasteiger partial charge is 0.395 e. The van der Waals surface area contributed by atoms with Crippen molar-refractivity contribution in [2.75, 3.05) is 25.0 Å². The molecule has 4 nitrogen and oxygen atoms in total. The van der Waals surface area contributed by atoms with Gasteiger partial charge in [-0.15, -0.1) is 0 Å². The Hall–Kier alpha value is -1.26. The van der Waals surface area contributed by atoms with Gasteiger partial charge in [-0.2, -0.15) is 0 Å². The first kappa shape index (κ1) is 15.8. The lowest BCUT2D eigenvalue weighted by Crippen LogP contribution is -2.37. The third-order valence-electron chi connectivity index (χ3n) is 2.80. The standard InChI is InChI=1S/C14H21ClN2O2/c1-2-3-6-9-17(10-11-18)14(19)16-13-8-5-4-7-12(13)15/h4-5,7-8,18H,2-3,6,9-11H2,1H3,(H,16,19). The number of carbonyl (C=O) groups is 1. The molecular weight excluding hydrogens is 264 g/mol. The van der Waals surface area contributed by atoms with Crippen LogP contribution in [0.2, 0.25) is 5.02 Å². The van der Waals surface area contributed by atoms with Crippen molar-refractivity contribution in [2.45, 2.75) is 26.2 Å². The second-order valence-corrected chi connectivity index (χ2v) is 4.73. The number of rotatable bonds is 7. The van der Waals surface area contributed by atoms with Crippen LogP contribution in [0.3, 0.4) is 0 Å². The second kappa shape index (κ2) is 8.77. The number of unbranched alkanes of at least 4 members (excludes halogenated alkanes) is 2. The van der Waals surface area contributed by atoms with Gasteiger partial charge in [0.25, 0.3) is 0 Å². The van der Waals surface area contributed by atoms with Gasteiger partial charge >= 0.3 is 6.03 Å². The molecule has 2 amide bonds. The summed E-state index contributed by atoms with van der Waals surface area (Å²) >= 11 is 5.99. The molecule has 0 fully saturated rings. The fraction of sp³-hybridized carbons (Fsp3) is 0.500. The highest BCUT2D eigenvalue weighted by Gasteiger charge is 2.13. The maximum absolute atomic E-state index is 12.1. The fourth-order valence-corrected chi connectivity index (χ4v) is 1.93. The first-order chi connectivity index (χ1) is 9.19. The minimum atomic E-state index is -0.224. The molecule has 0 saturated heterocycles. The van der Waals surface area contributed by atoms with Crippen LogP contribution in [0.15, 0.2) is 24.3 Å². The zero-order chi connectivity index (χ0) is 14.1. The first-order valence-corrected chi connectivity index (χ1v) is 6.98. The molecule has 0 bridgehead atoms. The van der Waals surface area contributed by atoms with Crippen molar-refractivity contribution in [1.82, 2.24) is 4.90 Å². The molecular formula is C14H21ClN2O2. The van der Waals surface area contributed by atoms with Crippen molar-refractivity contribution in [3.8, 4) is 0 Å². The van der Waals surface area contributed by atoms with E-state index in [1.165, 1.54) is 0 Å². The van der Waals surface area contributed by atoms with Crippen molar-refractivity contribution in [2.24, 2.45) is 0 Å². The van der Waals surface area contributed by atoms with Gasteiger partial charge in [-0.05, 0) is 18.6 Å². The number of aliphatic hydroxyl groups excluding tert-OH is 1. The van der Waals surface area contributed by atoms with E-state index >= 15 is 0 Å². The lowest BCUT2D eigenvalue weighted by molar-refractivity contribution is 0.187. The van der Waals surface area contributed by atoms with Crippen molar-refractivity contribution >= 4 is 23.3 Å². The second-order valence-electron chi connectivity index (χ2n) is 4.33. The van der Waals surface area contributed by atoms with Crippen LogP contribution >= 0.6 is 11.6 Å². The monoisotopic (exact) mass is 284 g/mol. The highest BCUT2D eigenvalue weighted by Crippen LogP contribution is 2.20. The molecule has 0 aromatic heterocycles. The van der Waals surface area contributed by atoms with Crippen molar-refractivity contribution in [1.29, 1.82) is 0 Å². The van der Waals surface area contributed by atoms with Crippen LogP contribution in [0.5, 0.6) is 0 Å². The van der Waals surface area contributed by atoms with Gasteiger partial charge in [-0.3, -0.25) is 0 Å². The van der Waals surface area contributed by atoms with Crippen LogP contribution in [0, 0.1) is 0 Å². The van der Waals surface area contributed by atoms with E-state index in [1.807, 2.05) is 12.1 Å². The van der Waals surface area contributed by atoms with Crippen molar-refractivity contribution in [3.63, 3.8) is 0 Å².